The van der Waals surface area contributed by atoms with Crippen molar-refractivity contribution in [2.45, 2.75) is 37.8 Å². The minimum Gasteiger partial charge on any atom is -0.484 e. The summed E-state index contributed by atoms with van der Waals surface area (Å²) in [7, 11) is -3.60. The van der Waals surface area contributed by atoms with E-state index in [1.165, 1.54) is 24.3 Å². The predicted octanol–water partition coefficient (Wildman–Crippen LogP) is 3.11. The lowest BCUT2D eigenvalue weighted by Gasteiger charge is -2.20. The molecule has 8 heteroatoms. The summed E-state index contributed by atoms with van der Waals surface area (Å²) in [5.74, 6) is 0.127. The Bertz CT molecular complexity index is 873. The Kier molecular flexibility index (Phi) is 6.86. The van der Waals surface area contributed by atoms with Gasteiger partial charge in [0.1, 0.15) is 5.75 Å². The van der Waals surface area contributed by atoms with Gasteiger partial charge in [0.15, 0.2) is 6.61 Å². The quantitative estimate of drug-likeness (QED) is 0.734. The zero-order valence-corrected chi connectivity index (χ0v) is 17.0. The molecule has 2 rings (SSSR count). The topological polar surface area (TPSA) is 84.5 Å². The van der Waals surface area contributed by atoms with Crippen molar-refractivity contribution < 1.29 is 17.9 Å². The SMILES string of the molecule is CC(C)(C)NS(=O)(=O)c1ccc(OCC(=O)NCc2ccc(Cl)cc2)cc1. The van der Waals surface area contributed by atoms with Gasteiger partial charge in [0.25, 0.3) is 5.91 Å². The minimum atomic E-state index is -3.60. The lowest BCUT2D eigenvalue weighted by Crippen LogP contribution is -2.40. The number of halogens is 1. The van der Waals surface area contributed by atoms with E-state index in [1.54, 1.807) is 32.9 Å². The third kappa shape index (κ3) is 7.21. The summed E-state index contributed by atoms with van der Waals surface area (Å²) in [6, 6.07) is 13.1. The molecule has 0 atom stereocenters. The van der Waals surface area contributed by atoms with Gasteiger partial charge in [0, 0.05) is 17.1 Å². The Labute approximate surface area is 164 Å². The Hall–Kier alpha value is -2.09. The molecule has 0 spiro atoms. The van der Waals surface area contributed by atoms with Gasteiger partial charge >= 0.3 is 0 Å². The maximum atomic E-state index is 12.2. The number of ether oxygens (including phenoxy) is 1. The van der Waals surface area contributed by atoms with Crippen LogP contribution in [0.3, 0.4) is 0 Å². The van der Waals surface area contributed by atoms with Crippen LogP contribution in [0, 0.1) is 0 Å². The molecule has 0 saturated heterocycles. The Balaban J connectivity index is 1.85. The fourth-order valence-electron chi connectivity index (χ4n) is 2.18. The van der Waals surface area contributed by atoms with E-state index in [-0.39, 0.29) is 17.4 Å². The third-order valence-corrected chi connectivity index (χ3v) is 5.37. The number of amides is 1. The fourth-order valence-corrected chi connectivity index (χ4v) is 3.72. The van der Waals surface area contributed by atoms with Crippen molar-refractivity contribution in [1.29, 1.82) is 0 Å². The van der Waals surface area contributed by atoms with Gasteiger partial charge < -0.3 is 10.1 Å². The lowest BCUT2D eigenvalue weighted by atomic mass is 10.1. The number of nitrogens with one attached hydrogen (secondary N) is 2. The molecule has 0 heterocycles. The van der Waals surface area contributed by atoms with Crippen LogP contribution in [0.4, 0.5) is 0 Å². The van der Waals surface area contributed by atoms with Gasteiger partial charge in [-0.1, -0.05) is 23.7 Å². The average Bonchev–Trinajstić information content (AvgIpc) is 2.58. The van der Waals surface area contributed by atoms with E-state index in [9.17, 15) is 13.2 Å². The first-order chi connectivity index (χ1) is 12.5. The number of rotatable bonds is 7. The lowest BCUT2D eigenvalue weighted by molar-refractivity contribution is -0.123. The molecule has 2 aromatic carbocycles. The van der Waals surface area contributed by atoms with E-state index in [0.717, 1.165) is 5.56 Å². The van der Waals surface area contributed by atoms with Crippen molar-refractivity contribution in [3.8, 4) is 5.75 Å². The van der Waals surface area contributed by atoms with Gasteiger partial charge in [0.2, 0.25) is 10.0 Å². The molecule has 146 valence electrons. The third-order valence-electron chi connectivity index (χ3n) is 3.35. The van der Waals surface area contributed by atoms with E-state index in [1.807, 2.05) is 12.1 Å². The molecule has 0 aliphatic carbocycles. The Morgan fingerprint density at radius 1 is 1.04 bits per heavy atom. The number of carbonyl (C=O) groups is 1. The highest BCUT2D eigenvalue weighted by molar-refractivity contribution is 7.89. The first-order valence-electron chi connectivity index (χ1n) is 8.33. The summed E-state index contributed by atoms with van der Waals surface area (Å²) in [5, 5.41) is 3.37. The molecule has 0 aliphatic rings. The van der Waals surface area contributed by atoms with Gasteiger partial charge in [-0.2, -0.15) is 0 Å². The molecule has 2 aromatic rings. The van der Waals surface area contributed by atoms with Crippen LogP contribution < -0.4 is 14.8 Å². The standard InChI is InChI=1S/C19H23ClN2O4S/c1-19(2,3)22-27(24,25)17-10-8-16(9-11-17)26-13-18(23)21-12-14-4-6-15(20)7-5-14/h4-11,22H,12-13H2,1-3H3,(H,21,23). The first kappa shape index (κ1) is 21.2. The molecule has 0 radical (unpaired) electrons. The van der Waals surface area contributed by atoms with Crippen molar-refractivity contribution in [3.05, 3.63) is 59.1 Å². The van der Waals surface area contributed by atoms with Crippen LogP contribution in [0.25, 0.3) is 0 Å². The number of sulfonamides is 1. The van der Waals surface area contributed by atoms with Crippen LogP contribution in [0.1, 0.15) is 26.3 Å². The van der Waals surface area contributed by atoms with Crippen LogP contribution >= 0.6 is 11.6 Å². The molecule has 2 N–H and O–H groups in total. The number of benzene rings is 2. The second-order valence-electron chi connectivity index (χ2n) is 7.02. The predicted molar refractivity (Wildman–Crippen MR) is 105 cm³/mol. The molecule has 6 nitrogen and oxygen atoms in total. The van der Waals surface area contributed by atoms with Gasteiger partial charge in [-0.15, -0.1) is 0 Å². The molecular weight excluding hydrogens is 388 g/mol. The van der Waals surface area contributed by atoms with Crippen LogP contribution in [-0.2, 0) is 21.4 Å². The van der Waals surface area contributed by atoms with E-state index in [4.69, 9.17) is 16.3 Å². The van der Waals surface area contributed by atoms with Crippen LogP contribution in [0.5, 0.6) is 5.75 Å². The van der Waals surface area contributed by atoms with Gasteiger partial charge in [-0.05, 0) is 62.7 Å². The maximum Gasteiger partial charge on any atom is 0.258 e. The molecule has 0 aromatic heterocycles. The monoisotopic (exact) mass is 410 g/mol. The summed E-state index contributed by atoms with van der Waals surface area (Å²) in [4.78, 5) is 12.0. The zero-order valence-electron chi connectivity index (χ0n) is 15.5. The molecule has 0 unspecified atom stereocenters. The maximum absolute atomic E-state index is 12.2. The molecule has 0 aliphatic heterocycles. The minimum absolute atomic E-state index is 0.136. The van der Waals surface area contributed by atoms with Gasteiger partial charge in [-0.25, -0.2) is 13.1 Å². The molecule has 0 saturated carbocycles. The van der Waals surface area contributed by atoms with E-state index >= 15 is 0 Å². The highest BCUT2D eigenvalue weighted by Gasteiger charge is 2.21. The number of carbonyl (C=O) groups excluding carboxylic acids is 1. The zero-order chi connectivity index (χ0) is 20.1. The number of hydrogen-bond acceptors (Lipinski definition) is 4. The molecule has 0 bridgehead atoms. The van der Waals surface area contributed by atoms with Crippen LogP contribution in [-0.4, -0.2) is 26.5 Å². The Morgan fingerprint density at radius 2 is 1.63 bits per heavy atom. The van der Waals surface area contributed by atoms with Crippen molar-refractivity contribution >= 4 is 27.5 Å². The fraction of sp³-hybridized carbons (Fsp3) is 0.316. The summed E-state index contributed by atoms with van der Waals surface area (Å²) < 4.78 is 32.5. The summed E-state index contributed by atoms with van der Waals surface area (Å²) in [6.45, 7) is 5.51. The summed E-state index contributed by atoms with van der Waals surface area (Å²) in [6.07, 6.45) is 0. The van der Waals surface area contributed by atoms with Crippen molar-refractivity contribution in [2.75, 3.05) is 6.61 Å². The normalized spacial score (nSPS) is 11.9. The second kappa shape index (κ2) is 8.73. The first-order valence-corrected chi connectivity index (χ1v) is 10.2. The highest BCUT2D eigenvalue weighted by Crippen LogP contribution is 2.17. The highest BCUT2D eigenvalue weighted by atomic mass is 35.5. The van der Waals surface area contributed by atoms with E-state index in [2.05, 4.69) is 10.0 Å². The second-order valence-corrected chi connectivity index (χ2v) is 9.14. The summed E-state index contributed by atoms with van der Waals surface area (Å²) in [5.41, 5.74) is 0.351. The van der Waals surface area contributed by atoms with Crippen LogP contribution in [0.15, 0.2) is 53.4 Å². The molecular formula is C19H23ClN2O4S. The smallest absolute Gasteiger partial charge is 0.258 e. The largest absolute Gasteiger partial charge is 0.484 e. The van der Waals surface area contributed by atoms with E-state index < -0.39 is 15.6 Å². The van der Waals surface area contributed by atoms with Gasteiger partial charge in [-0.3, -0.25) is 4.79 Å². The number of hydrogen-bond donors (Lipinski definition) is 2. The average molecular weight is 411 g/mol. The van der Waals surface area contributed by atoms with E-state index in [0.29, 0.717) is 17.3 Å². The van der Waals surface area contributed by atoms with Crippen molar-refractivity contribution in [1.82, 2.24) is 10.0 Å². The Morgan fingerprint density at radius 3 is 2.19 bits per heavy atom. The molecule has 0 fully saturated rings. The van der Waals surface area contributed by atoms with Crippen molar-refractivity contribution in [3.63, 3.8) is 0 Å². The molecule has 27 heavy (non-hydrogen) atoms. The van der Waals surface area contributed by atoms with Crippen LogP contribution in [0.2, 0.25) is 5.02 Å². The molecule has 1 amide bonds. The summed E-state index contributed by atoms with van der Waals surface area (Å²) >= 11 is 5.81. The van der Waals surface area contributed by atoms with Crippen molar-refractivity contribution in [2.24, 2.45) is 0 Å². The van der Waals surface area contributed by atoms with Gasteiger partial charge in [0.05, 0.1) is 4.90 Å².